The highest BCUT2D eigenvalue weighted by Crippen LogP contribution is 2.42. The van der Waals surface area contributed by atoms with Crippen molar-refractivity contribution in [3.63, 3.8) is 0 Å². The predicted molar refractivity (Wildman–Crippen MR) is 125 cm³/mol. The van der Waals surface area contributed by atoms with Crippen LogP contribution < -0.4 is 10.2 Å². The molecular weight excluding hydrogens is 439 g/mol. The van der Waals surface area contributed by atoms with Gasteiger partial charge in [0.1, 0.15) is 5.82 Å². The number of halogens is 1. The van der Waals surface area contributed by atoms with Gasteiger partial charge in [-0.25, -0.2) is 4.39 Å². The zero-order chi connectivity index (χ0) is 22.8. The number of carbonyl (C=O) groups is 2. The van der Waals surface area contributed by atoms with E-state index in [9.17, 15) is 14.0 Å². The van der Waals surface area contributed by atoms with E-state index in [2.05, 4.69) is 5.32 Å². The van der Waals surface area contributed by atoms with Gasteiger partial charge in [-0.2, -0.15) is 0 Å². The zero-order valence-corrected chi connectivity index (χ0v) is 18.7. The van der Waals surface area contributed by atoms with Gasteiger partial charge in [-0.05, 0) is 49.2 Å². The van der Waals surface area contributed by atoms with Gasteiger partial charge in [-0.15, -0.1) is 0 Å². The number of carbonyl (C=O) groups excluding carboxylic acids is 2. The monoisotopic (exact) mass is 462 g/mol. The van der Waals surface area contributed by atoms with Crippen molar-refractivity contribution in [1.82, 2.24) is 5.32 Å². The zero-order valence-electron chi connectivity index (χ0n) is 17.9. The van der Waals surface area contributed by atoms with Crippen molar-refractivity contribution >= 4 is 29.3 Å². The summed E-state index contributed by atoms with van der Waals surface area (Å²) in [6, 6.07) is 19.1. The van der Waals surface area contributed by atoms with Crippen molar-refractivity contribution in [3.05, 3.63) is 89.2 Å². The van der Waals surface area contributed by atoms with Crippen LogP contribution >= 0.6 is 11.8 Å². The molecule has 2 aliphatic heterocycles. The topological polar surface area (TPSA) is 58.6 Å². The van der Waals surface area contributed by atoms with Gasteiger partial charge in [0.15, 0.2) is 0 Å². The molecule has 0 radical (unpaired) electrons. The molecule has 1 saturated heterocycles. The van der Waals surface area contributed by atoms with E-state index in [0.29, 0.717) is 28.9 Å². The van der Waals surface area contributed by atoms with Crippen molar-refractivity contribution < 1.29 is 18.7 Å². The van der Waals surface area contributed by atoms with Crippen LogP contribution in [-0.4, -0.2) is 31.1 Å². The summed E-state index contributed by atoms with van der Waals surface area (Å²) in [5.74, 6) is -0.821. The lowest BCUT2D eigenvalue weighted by atomic mass is 10.1. The second-order valence-corrected chi connectivity index (χ2v) is 9.19. The largest absolute Gasteiger partial charge is 0.376 e. The van der Waals surface area contributed by atoms with Gasteiger partial charge in [-0.1, -0.05) is 42.1 Å². The summed E-state index contributed by atoms with van der Waals surface area (Å²) < 4.78 is 20.1. The first-order valence-electron chi connectivity index (χ1n) is 11.0. The molecule has 0 aromatic heterocycles. The number of anilines is 1. The highest BCUT2D eigenvalue weighted by molar-refractivity contribution is 7.99. The van der Waals surface area contributed by atoms with Gasteiger partial charge in [-0.3, -0.25) is 9.59 Å². The van der Waals surface area contributed by atoms with Crippen LogP contribution in [0.4, 0.5) is 10.1 Å². The first kappa shape index (κ1) is 21.7. The van der Waals surface area contributed by atoms with E-state index in [1.807, 2.05) is 24.3 Å². The molecule has 3 aromatic carbocycles. The summed E-state index contributed by atoms with van der Waals surface area (Å²) in [6.45, 7) is 1.24. The van der Waals surface area contributed by atoms with Gasteiger partial charge in [0.25, 0.3) is 11.8 Å². The fourth-order valence-electron chi connectivity index (χ4n) is 4.13. The highest BCUT2D eigenvalue weighted by atomic mass is 32.2. The second-order valence-electron chi connectivity index (χ2n) is 8.11. The number of benzene rings is 3. The van der Waals surface area contributed by atoms with E-state index < -0.39 is 0 Å². The lowest BCUT2D eigenvalue weighted by Gasteiger charge is -2.24. The Labute approximate surface area is 195 Å². The molecule has 2 heterocycles. The number of rotatable bonds is 5. The lowest BCUT2D eigenvalue weighted by molar-refractivity contribution is 0.0857. The Hall–Kier alpha value is -3.16. The predicted octanol–water partition coefficient (Wildman–Crippen LogP) is 5.05. The van der Waals surface area contributed by atoms with Crippen LogP contribution in [0.1, 0.15) is 39.1 Å². The third kappa shape index (κ3) is 4.51. The Morgan fingerprint density at radius 1 is 1.09 bits per heavy atom. The van der Waals surface area contributed by atoms with Crippen molar-refractivity contribution in [2.24, 2.45) is 0 Å². The molecule has 33 heavy (non-hydrogen) atoms. The maximum atomic E-state index is 14.5. The number of hydrogen-bond acceptors (Lipinski definition) is 4. The molecule has 5 rings (SSSR count). The number of nitrogens with one attached hydrogen (secondary N) is 1. The summed E-state index contributed by atoms with van der Waals surface area (Å²) in [7, 11) is 0. The van der Waals surface area contributed by atoms with Gasteiger partial charge < -0.3 is 15.0 Å². The first-order valence-corrected chi connectivity index (χ1v) is 11.8. The Balaban J connectivity index is 1.50. The average molecular weight is 463 g/mol. The SMILES string of the molecule is O=C(NCC1CCCO1)c1ccc2c(c1)N(Cc1ccccc1F)C(=O)c1ccccc1S2. The third-order valence-electron chi connectivity index (χ3n) is 5.90. The molecule has 0 saturated carbocycles. The molecule has 2 amide bonds. The molecule has 0 bridgehead atoms. The summed E-state index contributed by atoms with van der Waals surface area (Å²) in [4.78, 5) is 29.6. The number of nitrogens with zero attached hydrogens (tertiary/aromatic N) is 1. The molecule has 1 unspecified atom stereocenters. The quantitative estimate of drug-likeness (QED) is 0.577. The maximum absolute atomic E-state index is 14.5. The molecule has 1 atom stereocenters. The van der Waals surface area contributed by atoms with Crippen LogP contribution in [0.5, 0.6) is 0 Å². The molecule has 1 N–H and O–H groups in total. The van der Waals surface area contributed by atoms with Crippen LogP contribution in [0.25, 0.3) is 0 Å². The Morgan fingerprint density at radius 2 is 1.91 bits per heavy atom. The van der Waals surface area contributed by atoms with Gasteiger partial charge in [0, 0.05) is 34.1 Å². The van der Waals surface area contributed by atoms with E-state index >= 15 is 0 Å². The fraction of sp³-hybridized carbons (Fsp3) is 0.231. The number of amides is 2. The molecule has 168 valence electrons. The highest BCUT2D eigenvalue weighted by Gasteiger charge is 2.29. The van der Waals surface area contributed by atoms with Gasteiger partial charge in [0.05, 0.1) is 23.9 Å². The molecule has 0 aliphatic carbocycles. The standard InChI is InChI=1S/C26H23FN2O3S/c27-21-9-3-1-6-18(21)16-29-22-14-17(25(30)28-15-19-7-5-13-32-19)11-12-24(22)33-23-10-4-2-8-20(23)26(29)31/h1-4,6,8-12,14,19H,5,7,13,15-16H2,(H,28,30). The van der Waals surface area contributed by atoms with E-state index in [1.165, 1.54) is 17.8 Å². The minimum absolute atomic E-state index is 0.0407. The Kier molecular flexibility index (Phi) is 6.15. The first-order chi connectivity index (χ1) is 16.1. The van der Waals surface area contributed by atoms with E-state index in [-0.39, 0.29) is 30.3 Å². The average Bonchev–Trinajstić information content (AvgIpc) is 3.32. The summed E-state index contributed by atoms with van der Waals surface area (Å²) in [6.07, 6.45) is 1.98. The van der Waals surface area contributed by atoms with Crippen molar-refractivity contribution in [2.45, 2.75) is 35.3 Å². The Morgan fingerprint density at radius 3 is 2.73 bits per heavy atom. The van der Waals surface area contributed by atoms with Crippen molar-refractivity contribution in [2.75, 3.05) is 18.1 Å². The number of hydrogen-bond donors (Lipinski definition) is 1. The van der Waals surface area contributed by atoms with Crippen molar-refractivity contribution in [1.29, 1.82) is 0 Å². The van der Waals surface area contributed by atoms with E-state index in [4.69, 9.17) is 4.74 Å². The smallest absolute Gasteiger partial charge is 0.259 e. The summed E-state index contributed by atoms with van der Waals surface area (Å²) in [5.41, 5.74) is 2.01. The third-order valence-corrected chi connectivity index (χ3v) is 7.04. The number of ether oxygens (including phenoxy) is 1. The van der Waals surface area contributed by atoms with Crippen LogP contribution in [-0.2, 0) is 11.3 Å². The van der Waals surface area contributed by atoms with Crippen LogP contribution in [0.3, 0.4) is 0 Å². The van der Waals surface area contributed by atoms with E-state index in [1.54, 1.807) is 41.3 Å². The fourth-order valence-corrected chi connectivity index (χ4v) is 5.19. The molecule has 7 heteroatoms. The van der Waals surface area contributed by atoms with Crippen LogP contribution in [0.2, 0.25) is 0 Å². The van der Waals surface area contributed by atoms with E-state index in [0.717, 1.165) is 29.2 Å². The molecule has 0 spiro atoms. The molecule has 3 aromatic rings. The lowest BCUT2D eigenvalue weighted by Crippen LogP contribution is -2.33. The molecule has 1 fully saturated rings. The maximum Gasteiger partial charge on any atom is 0.259 e. The summed E-state index contributed by atoms with van der Waals surface area (Å²) in [5, 5.41) is 2.93. The normalized spacial score (nSPS) is 17.3. The van der Waals surface area contributed by atoms with Crippen LogP contribution in [0.15, 0.2) is 76.5 Å². The number of fused-ring (bicyclic) bond motifs is 2. The minimum atomic E-state index is -0.373. The molecular formula is C26H23FN2O3S. The Bertz CT molecular complexity index is 1210. The minimum Gasteiger partial charge on any atom is -0.376 e. The van der Waals surface area contributed by atoms with Crippen LogP contribution in [0, 0.1) is 5.82 Å². The van der Waals surface area contributed by atoms with Crippen molar-refractivity contribution in [3.8, 4) is 0 Å². The second kappa shape index (κ2) is 9.37. The van der Waals surface area contributed by atoms with Gasteiger partial charge >= 0.3 is 0 Å². The van der Waals surface area contributed by atoms with Gasteiger partial charge in [0.2, 0.25) is 0 Å². The summed E-state index contributed by atoms with van der Waals surface area (Å²) >= 11 is 1.47. The molecule has 5 nitrogen and oxygen atoms in total. The molecule has 2 aliphatic rings.